The Kier molecular flexibility index (Phi) is 6.73. The summed E-state index contributed by atoms with van der Waals surface area (Å²) in [5.41, 5.74) is 4.69. The molecule has 2 fully saturated rings. The Morgan fingerprint density at radius 1 is 1.06 bits per heavy atom. The topological polar surface area (TPSA) is 95.9 Å². The van der Waals surface area contributed by atoms with Crippen LogP contribution in [0.4, 0.5) is 4.79 Å². The van der Waals surface area contributed by atoms with Crippen molar-refractivity contribution in [3.63, 3.8) is 0 Å². The van der Waals surface area contributed by atoms with E-state index < -0.39 is 18.1 Å². The number of rotatable bonds is 5. The Morgan fingerprint density at radius 2 is 1.71 bits per heavy atom. The van der Waals surface area contributed by atoms with E-state index in [1.54, 1.807) is 0 Å². The number of amides is 2. The number of carbonyl (C=O) groups is 3. The van der Waals surface area contributed by atoms with Gasteiger partial charge < -0.3 is 20.1 Å². The summed E-state index contributed by atoms with van der Waals surface area (Å²) in [4.78, 5) is 39.0. The first-order valence-corrected chi connectivity index (χ1v) is 13.3. The molecule has 2 aromatic rings. The number of fused-ring (bicyclic) bond motifs is 3. The molecule has 2 N–H and O–H groups in total. The van der Waals surface area contributed by atoms with Gasteiger partial charge in [0.1, 0.15) is 12.6 Å². The molecular formula is C27H30N2O5S. The van der Waals surface area contributed by atoms with E-state index in [2.05, 4.69) is 29.6 Å². The van der Waals surface area contributed by atoms with E-state index in [1.165, 1.54) is 27.8 Å². The molecule has 1 heterocycles. The van der Waals surface area contributed by atoms with E-state index in [4.69, 9.17) is 4.74 Å². The summed E-state index contributed by atoms with van der Waals surface area (Å²) in [6.07, 6.45) is 2.32. The van der Waals surface area contributed by atoms with Crippen molar-refractivity contribution in [2.75, 3.05) is 12.4 Å². The molecule has 2 amide bonds. The van der Waals surface area contributed by atoms with Gasteiger partial charge in [0.15, 0.2) is 0 Å². The third kappa shape index (κ3) is 4.63. The molecule has 1 aliphatic heterocycles. The van der Waals surface area contributed by atoms with Crippen LogP contribution in [0.1, 0.15) is 49.7 Å². The van der Waals surface area contributed by atoms with Crippen LogP contribution < -0.4 is 5.32 Å². The molecule has 3 aliphatic rings. The molecular weight excluding hydrogens is 464 g/mol. The fourth-order valence-corrected chi connectivity index (χ4v) is 6.91. The van der Waals surface area contributed by atoms with Gasteiger partial charge in [-0.2, -0.15) is 0 Å². The molecule has 1 saturated carbocycles. The normalized spacial score (nSPS) is 25.6. The Bertz CT molecular complexity index is 1090. The summed E-state index contributed by atoms with van der Waals surface area (Å²) >= 11 is 1.49. The minimum Gasteiger partial charge on any atom is -0.480 e. The van der Waals surface area contributed by atoms with Crippen LogP contribution in [0.3, 0.4) is 0 Å². The number of benzene rings is 2. The van der Waals surface area contributed by atoms with Gasteiger partial charge in [-0.1, -0.05) is 55.0 Å². The molecule has 1 saturated heterocycles. The standard InChI is InChI=1S/C27H30N2O5S/c1-16-29(24(15-35-16)26(31)32)25(30)17-7-6-8-18(13-17)28-27(33)34-14-23-21-11-4-2-9-19(21)20-10-3-5-12-22(20)23/h2-5,9-12,16-18,23-24H,6-8,13-15H2,1H3,(H,28,33)(H,31,32). The van der Waals surface area contributed by atoms with Crippen molar-refractivity contribution in [2.24, 2.45) is 5.92 Å². The monoisotopic (exact) mass is 494 g/mol. The summed E-state index contributed by atoms with van der Waals surface area (Å²) in [6.45, 7) is 2.12. The minimum atomic E-state index is -0.959. The first-order valence-electron chi connectivity index (χ1n) is 12.2. The summed E-state index contributed by atoms with van der Waals surface area (Å²) in [5.74, 6) is -0.953. The van der Waals surface area contributed by atoms with Crippen LogP contribution in [-0.4, -0.2) is 57.8 Å². The van der Waals surface area contributed by atoms with Gasteiger partial charge in [0, 0.05) is 23.6 Å². The maximum atomic E-state index is 13.2. The Balaban J connectivity index is 1.19. The number of ether oxygens (including phenoxy) is 1. The van der Waals surface area contributed by atoms with Crippen LogP contribution in [0, 0.1) is 5.92 Å². The number of nitrogens with zero attached hydrogens (tertiary/aromatic N) is 1. The Morgan fingerprint density at radius 3 is 2.37 bits per heavy atom. The number of hydrogen-bond donors (Lipinski definition) is 2. The quantitative estimate of drug-likeness (QED) is 0.637. The molecule has 0 bridgehead atoms. The molecule has 5 rings (SSSR count). The molecule has 4 atom stereocenters. The van der Waals surface area contributed by atoms with Gasteiger partial charge in [-0.15, -0.1) is 11.8 Å². The third-order valence-corrected chi connectivity index (χ3v) is 8.67. The van der Waals surface area contributed by atoms with Crippen LogP contribution in [0.5, 0.6) is 0 Å². The predicted octanol–water partition coefficient (Wildman–Crippen LogP) is 4.46. The summed E-state index contributed by atoms with van der Waals surface area (Å²) in [7, 11) is 0. The van der Waals surface area contributed by atoms with E-state index in [9.17, 15) is 19.5 Å². The van der Waals surface area contributed by atoms with Crippen molar-refractivity contribution in [1.29, 1.82) is 0 Å². The molecule has 0 radical (unpaired) electrons. The summed E-state index contributed by atoms with van der Waals surface area (Å²) < 4.78 is 5.68. The SMILES string of the molecule is CC1SCC(C(=O)O)N1C(=O)C1CCCC(NC(=O)OCC2c3ccccc3-c3ccccc32)C1. The second-order valence-corrected chi connectivity index (χ2v) is 10.9. The van der Waals surface area contributed by atoms with Gasteiger partial charge >= 0.3 is 12.1 Å². The molecule has 4 unspecified atom stereocenters. The number of carboxylic acids is 1. The molecule has 7 nitrogen and oxygen atoms in total. The van der Waals surface area contributed by atoms with Crippen LogP contribution >= 0.6 is 11.8 Å². The lowest BCUT2D eigenvalue weighted by Gasteiger charge is -2.34. The lowest BCUT2D eigenvalue weighted by atomic mass is 9.84. The van der Waals surface area contributed by atoms with Crippen LogP contribution in [0.15, 0.2) is 48.5 Å². The zero-order chi connectivity index (χ0) is 24.5. The average Bonchev–Trinajstić information content (AvgIpc) is 3.40. The minimum absolute atomic E-state index is 0.00376. The first-order chi connectivity index (χ1) is 16.9. The fourth-order valence-electron chi connectivity index (χ4n) is 5.73. The van der Waals surface area contributed by atoms with Crippen molar-refractivity contribution >= 4 is 29.7 Å². The van der Waals surface area contributed by atoms with Crippen LogP contribution in [0.25, 0.3) is 11.1 Å². The highest BCUT2D eigenvalue weighted by Crippen LogP contribution is 2.44. The van der Waals surface area contributed by atoms with Gasteiger partial charge in [-0.05, 0) is 48.4 Å². The Hall–Kier alpha value is -3.00. The van der Waals surface area contributed by atoms with Crippen molar-refractivity contribution in [3.05, 3.63) is 59.7 Å². The molecule has 8 heteroatoms. The van der Waals surface area contributed by atoms with Gasteiger partial charge in [0.25, 0.3) is 0 Å². The van der Waals surface area contributed by atoms with Crippen molar-refractivity contribution in [2.45, 2.75) is 56.0 Å². The zero-order valence-corrected chi connectivity index (χ0v) is 20.5. The van der Waals surface area contributed by atoms with Gasteiger partial charge in [0.05, 0.1) is 5.37 Å². The van der Waals surface area contributed by atoms with Crippen molar-refractivity contribution in [3.8, 4) is 11.1 Å². The maximum Gasteiger partial charge on any atom is 0.407 e. The van der Waals surface area contributed by atoms with E-state index in [-0.39, 0.29) is 35.8 Å². The molecule has 35 heavy (non-hydrogen) atoms. The lowest BCUT2D eigenvalue weighted by molar-refractivity contribution is -0.151. The number of carbonyl (C=O) groups excluding carboxylic acids is 2. The van der Waals surface area contributed by atoms with Crippen molar-refractivity contribution < 1.29 is 24.2 Å². The number of carboxylic acid groups (broad SMARTS) is 1. The predicted molar refractivity (Wildman–Crippen MR) is 134 cm³/mol. The molecule has 0 spiro atoms. The molecule has 184 valence electrons. The summed E-state index contributed by atoms with van der Waals surface area (Å²) in [5, 5.41) is 12.3. The number of nitrogens with one attached hydrogen (secondary N) is 1. The second kappa shape index (κ2) is 9.93. The highest BCUT2D eigenvalue weighted by Gasteiger charge is 2.43. The number of hydrogen-bond acceptors (Lipinski definition) is 5. The van der Waals surface area contributed by atoms with Crippen molar-refractivity contribution in [1.82, 2.24) is 10.2 Å². The van der Waals surface area contributed by atoms with Gasteiger partial charge in [0.2, 0.25) is 5.91 Å². The van der Waals surface area contributed by atoms with Gasteiger partial charge in [-0.25, -0.2) is 9.59 Å². The first kappa shape index (κ1) is 23.7. The van der Waals surface area contributed by atoms with Crippen LogP contribution in [0.2, 0.25) is 0 Å². The van der Waals surface area contributed by atoms with Gasteiger partial charge in [-0.3, -0.25) is 4.79 Å². The van der Waals surface area contributed by atoms with E-state index in [0.29, 0.717) is 18.6 Å². The highest BCUT2D eigenvalue weighted by atomic mass is 32.2. The molecule has 0 aromatic heterocycles. The van der Waals surface area contributed by atoms with E-state index in [0.717, 1.165) is 24.0 Å². The van der Waals surface area contributed by atoms with Crippen LogP contribution in [-0.2, 0) is 14.3 Å². The molecule has 2 aromatic carbocycles. The Labute approximate surface area is 209 Å². The number of aliphatic carboxylic acids is 1. The number of thioether (sulfide) groups is 1. The fraction of sp³-hybridized carbons (Fsp3) is 0.444. The highest BCUT2D eigenvalue weighted by molar-refractivity contribution is 8.00. The smallest absolute Gasteiger partial charge is 0.407 e. The largest absolute Gasteiger partial charge is 0.480 e. The maximum absolute atomic E-state index is 13.2. The molecule has 2 aliphatic carbocycles. The average molecular weight is 495 g/mol. The number of alkyl carbamates (subject to hydrolysis) is 1. The summed E-state index contributed by atoms with van der Waals surface area (Å²) in [6, 6.07) is 15.5. The van der Waals surface area contributed by atoms with E-state index >= 15 is 0 Å². The lowest BCUT2D eigenvalue weighted by Crippen LogP contribution is -2.49. The third-order valence-electron chi connectivity index (χ3n) is 7.45. The zero-order valence-electron chi connectivity index (χ0n) is 19.7. The second-order valence-electron chi connectivity index (χ2n) is 9.56. The van der Waals surface area contributed by atoms with E-state index in [1.807, 2.05) is 31.2 Å².